The Balaban J connectivity index is 1.92. The molecule has 3 aromatic heterocycles. The van der Waals surface area contributed by atoms with Crippen LogP contribution in [0.25, 0.3) is 10.2 Å². The van der Waals surface area contributed by atoms with Crippen LogP contribution >= 0.6 is 22.7 Å². The predicted octanol–water partition coefficient (Wildman–Crippen LogP) is 4.71. The molecule has 6 heteroatoms. The van der Waals surface area contributed by atoms with Gasteiger partial charge in [-0.15, -0.1) is 22.7 Å². The van der Waals surface area contributed by atoms with Crippen molar-refractivity contribution in [3.05, 3.63) is 39.7 Å². The molecular formula is C15H16N4S2. The molecule has 108 valence electrons. The van der Waals surface area contributed by atoms with E-state index < -0.39 is 0 Å². The number of thiophene rings is 2. The SMILES string of the molecule is C/C(=N/Nc1ncnc2sc(C(C)C)cc12)c1cccs1. The van der Waals surface area contributed by atoms with Gasteiger partial charge in [-0.2, -0.15) is 5.10 Å². The van der Waals surface area contributed by atoms with Gasteiger partial charge in [0.25, 0.3) is 0 Å². The minimum atomic E-state index is 0.494. The lowest BCUT2D eigenvalue weighted by Crippen LogP contribution is -1.99. The molecule has 0 saturated carbocycles. The Morgan fingerprint density at radius 1 is 1.33 bits per heavy atom. The summed E-state index contributed by atoms with van der Waals surface area (Å²) in [4.78, 5) is 12.1. The number of nitrogens with zero attached hydrogens (tertiary/aromatic N) is 3. The van der Waals surface area contributed by atoms with Gasteiger partial charge in [0.05, 0.1) is 11.1 Å². The molecule has 3 rings (SSSR count). The lowest BCUT2D eigenvalue weighted by Gasteiger charge is -2.02. The Morgan fingerprint density at radius 2 is 2.19 bits per heavy atom. The Kier molecular flexibility index (Phi) is 3.98. The topological polar surface area (TPSA) is 50.2 Å². The third-order valence-electron chi connectivity index (χ3n) is 3.12. The summed E-state index contributed by atoms with van der Waals surface area (Å²) in [6, 6.07) is 6.24. The molecule has 0 atom stereocenters. The molecule has 0 spiro atoms. The maximum Gasteiger partial charge on any atom is 0.158 e. The first-order valence-corrected chi connectivity index (χ1v) is 8.43. The van der Waals surface area contributed by atoms with Gasteiger partial charge in [0.2, 0.25) is 0 Å². The lowest BCUT2D eigenvalue weighted by atomic mass is 10.2. The summed E-state index contributed by atoms with van der Waals surface area (Å²) >= 11 is 3.39. The molecule has 1 N–H and O–H groups in total. The minimum absolute atomic E-state index is 0.494. The van der Waals surface area contributed by atoms with E-state index >= 15 is 0 Å². The highest BCUT2D eigenvalue weighted by molar-refractivity contribution is 7.18. The van der Waals surface area contributed by atoms with Crippen molar-refractivity contribution in [1.29, 1.82) is 0 Å². The van der Waals surface area contributed by atoms with Gasteiger partial charge in [0.15, 0.2) is 5.82 Å². The first kappa shape index (κ1) is 14.2. The molecule has 0 unspecified atom stereocenters. The van der Waals surface area contributed by atoms with Gasteiger partial charge in [-0.05, 0) is 30.4 Å². The van der Waals surface area contributed by atoms with E-state index in [2.05, 4.69) is 46.5 Å². The Hall–Kier alpha value is -1.79. The molecule has 0 aliphatic heterocycles. The zero-order valence-corrected chi connectivity index (χ0v) is 13.8. The third kappa shape index (κ3) is 2.96. The molecule has 0 aliphatic carbocycles. The van der Waals surface area contributed by atoms with Gasteiger partial charge in [-0.1, -0.05) is 19.9 Å². The zero-order valence-electron chi connectivity index (χ0n) is 12.1. The number of hydrogen-bond donors (Lipinski definition) is 1. The smallest absolute Gasteiger partial charge is 0.158 e. The largest absolute Gasteiger partial charge is 0.260 e. The average Bonchev–Trinajstić information content (AvgIpc) is 3.13. The molecule has 0 fully saturated rings. The number of nitrogens with one attached hydrogen (secondary N) is 1. The standard InChI is InChI=1S/C15H16N4S2/c1-9(2)13-7-11-14(16-8-17-15(11)21-13)19-18-10(3)12-5-4-6-20-12/h4-9H,1-3H3,(H,16,17,19)/b18-10-. The van der Waals surface area contributed by atoms with E-state index in [-0.39, 0.29) is 0 Å². The van der Waals surface area contributed by atoms with Crippen LogP contribution in [0.1, 0.15) is 36.4 Å². The Bertz CT molecular complexity index is 772. The van der Waals surface area contributed by atoms with Gasteiger partial charge in [0.1, 0.15) is 11.2 Å². The van der Waals surface area contributed by atoms with Crippen LogP contribution in [0.3, 0.4) is 0 Å². The van der Waals surface area contributed by atoms with Crippen LogP contribution in [0.15, 0.2) is 35.0 Å². The summed E-state index contributed by atoms with van der Waals surface area (Å²) in [5, 5.41) is 7.52. The average molecular weight is 316 g/mol. The third-order valence-corrected chi connectivity index (χ3v) is 5.45. The van der Waals surface area contributed by atoms with Crippen LogP contribution in [-0.2, 0) is 0 Å². The molecule has 21 heavy (non-hydrogen) atoms. The maximum atomic E-state index is 4.43. The number of anilines is 1. The van der Waals surface area contributed by atoms with Gasteiger partial charge in [-0.3, -0.25) is 5.43 Å². The minimum Gasteiger partial charge on any atom is -0.260 e. The van der Waals surface area contributed by atoms with Crippen molar-refractivity contribution < 1.29 is 0 Å². The molecule has 0 radical (unpaired) electrons. The van der Waals surface area contributed by atoms with Crippen LogP contribution in [0.4, 0.5) is 5.82 Å². The summed E-state index contributed by atoms with van der Waals surface area (Å²) in [5.74, 6) is 1.26. The van der Waals surface area contributed by atoms with Gasteiger partial charge in [0, 0.05) is 9.75 Å². The highest BCUT2D eigenvalue weighted by Crippen LogP contribution is 2.32. The van der Waals surface area contributed by atoms with Crippen molar-refractivity contribution >= 4 is 44.4 Å². The number of hydrazone groups is 1. The van der Waals surface area contributed by atoms with Gasteiger partial charge < -0.3 is 0 Å². The first-order valence-electron chi connectivity index (χ1n) is 6.73. The second kappa shape index (κ2) is 5.91. The summed E-state index contributed by atoms with van der Waals surface area (Å²) in [7, 11) is 0. The molecular weight excluding hydrogens is 300 g/mol. The van der Waals surface area contributed by atoms with Crippen LogP contribution in [0.5, 0.6) is 0 Å². The normalized spacial score (nSPS) is 12.3. The molecule has 3 heterocycles. The lowest BCUT2D eigenvalue weighted by molar-refractivity contribution is 0.890. The fourth-order valence-corrected chi connectivity index (χ4v) is 3.60. The van der Waals surface area contributed by atoms with Gasteiger partial charge >= 0.3 is 0 Å². The monoisotopic (exact) mass is 316 g/mol. The van der Waals surface area contributed by atoms with Crippen molar-refractivity contribution in [2.24, 2.45) is 5.10 Å². The Morgan fingerprint density at radius 3 is 2.90 bits per heavy atom. The number of fused-ring (bicyclic) bond motifs is 1. The Labute approximate surface area is 131 Å². The fraction of sp³-hybridized carbons (Fsp3) is 0.267. The van der Waals surface area contributed by atoms with Crippen molar-refractivity contribution in [2.45, 2.75) is 26.7 Å². The summed E-state index contributed by atoms with van der Waals surface area (Å²) in [5.41, 5.74) is 4.03. The molecule has 0 aliphatic rings. The van der Waals surface area contributed by atoms with E-state index in [1.165, 1.54) is 4.88 Å². The zero-order chi connectivity index (χ0) is 14.8. The fourth-order valence-electron chi connectivity index (χ4n) is 1.92. The summed E-state index contributed by atoms with van der Waals surface area (Å²) < 4.78 is 0. The van der Waals surface area contributed by atoms with Crippen LogP contribution in [0, 0.1) is 0 Å². The molecule has 4 nitrogen and oxygen atoms in total. The van der Waals surface area contributed by atoms with Crippen LogP contribution in [0.2, 0.25) is 0 Å². The number of rotatable bonds is 4. The van der Waals surface area contributed by atoms with Crippen molar-refractivity contribution in [3.63, 3.8) is 0 Å². The quantitative estimate of drug-likeness (QED) is 0.560. The summed E-state index contributed by atoms with van der Waals surface area (Å²) in [6.07, 6.45) is 1.58. The van der Waals surface area contributed by atoms with Crippen molar-refractivity contribution in [1.82, 2.24) is 9.97 Å². The number of hydrogen-bond acceptors (Lipinski definition) is 6. The number of aromatic nitrogens is 2. The molecule has 0 saturated heterocycles. The molecule has 0 bridgehead atoms. The molecule has 0 amide bonds. The van der Waals surface area contributed by atoms with Gasteiger partial charge in [-0.25, -0.2) is 9.97 Å². The second-order valence-corrected chi connectivity index (χ2v) is 7.04. The molecule has 3 aromatic rings. The summed E-state index contributed by atoms with van der Waals surface area (Å²) in [6.45, 7) is 6.36. The second-order valence-electron chi connectivity index (χ2n) is 5.03. The van der Waals surface area contributed by atoms with Crippen molar-refractivity contribution in [3.8, 4) is 0 Å². The van der Waals surface area contributed by atoms with E-state index in [4.69, 9.17) is 0 Å². The predicted molar refractivity (Wildman–Crippen MR) is 91.7 cm³/mol. The first-order chi connectivity index (χ1) is 10.1. The maximum absolute atomic E-state index is 4.43. The van der Waals surface area contributed by atoms with E-state index in [1.54, 1.807) is 29.0 Å². The van der Waals surface area contributed by atoms with Crippen LogP contribution < -0.4 is 5.43 Å². The van der Waals surface area contributed by atoms with E-state index in [1.807, 2.05) is 18.4 Å². The molecule has 0 aromatic carbocycles. The van der Waals surface area contributed by atoms with E-state index in [0.717, 1.165) is 26.6 Å². The van der Waals surface area contributed by atoms with Crippen LogP contribution in [-0.4, -0.2) is 15.7 Å². The highest BCUT2D eigenvalue weighted by atomic mass is 32.1. The van der Waals surface area contributed by atoms with E-state index in [0.29, 0.717) is 5.92 Å². The highest BCUT2D eigenvalue weighted by Gasteiger charge is 2.10. The van der Waals surface area contributed by atoms with Crippen molar-refractivity contribution in [2.75, 3.05) is 5.43 Å². The van der Waals surface area contributed by atoms with E-state index in [9.17, 15) is 0 Å².